The van der Waals surface area contributed by atoms with Gasteiger partial charge >= 0.3 is 0 Å². The molecule has 3 heterocycles. The van der Waals surface area contributed by atoms with Gasteiger partial charge in [-0.15, -0.1) is 0 Å². The Bertz CT molecular complexity index is 454. The van der Waals surface area contributed by atoms with Crippen molar-refractivity contribution < 1.29 is 0 Å². The molecule has 4 rings (SSSR count). The van der Waals surface area contributed by atoms with E-state index in [4.69, 9.17) is 0 Å². The summed E-state index contributed by atoms with van der Waals surface area (Å²) in [6, 6.07) is 8.90. The van der Waals surface area contributed by atoms with E-state index in [-0.39, 0.29) is 0 Å². The molecule has 0 amide bonds. The molecule has 3 aliphatic heterocycles. The summed E-state index contributed by atoms with van der Waals surface area (Å²) >= 11 is 0. The number of rotatable bonds is 3. The van der Waals surface area contributed by atoms with Gasteiger partial charge in [0.1, 0.15) is 0 Å². The highest BCUT2D eigenvalue weighted by Crippen LogP contribution is 2.35. The Morgan fingerprint density at radius 1 is 1.00 bits per heavy atom. The largest absolute Gasteiger partial charge is 0.316 e. The molecule has 1 N–H and O–H groups in total. The van der Waals surface area contributed by atoms with Gasteiger partial charge < -0.3 is 10.2 Å². The lowest BCUT2D eigenvalue weighted by atomic mass is 9.87. The minimum absolute atomic E-state index is 0.619. The molecule has 2 fully saturated rings. The molecule has 20 heavy (non-hydrogen) atoms. The van der Waals surface area contributed by atoms with E-state index in [9.17, 15) is 0 Å². The summed E-state index contributed by atoms with van der Waals surface area (Å²) in [5.41, 5.74) is 3.68. The zero-order valence-electron chi connectivity index (χ0n) is 12.3. The first kappa shape index (κ1) is 12.8. The van der Waals surface area contributed by atoms with Gasteiger partial charge in [-0.3, -0.25) is 4.90 Å². The van der Waals surface area contributed by atoms with Crippen molar-refractivity contribution in [1.82, 2.24) is 15.1 Å². The molecule has 1 aromatic carbocycles. The number of fused-ring (bicyclic) bond motifs is 1. The lowest BCUT2D eigenvalue weighted by Crippen LogP contribution is -2.34. The van der Waals surface area contributed by atoms with Crippen molar-refractivity contribution >= 4 is 0 Å². The van der Waals surface area contributed by atoms with Crippen LogP contribution in [0.25, 0.3) is 0 Å². The lowest BCUT2D eigenvalue weighted by molar-refractivity contribution is 0.212. The maximum atomic E-state index is 3.55. The maximum absolute atomic E-state index is 3.55. The Morgan fingerprint density at radius 3 is 2.45 bits per heavy atom. The van der Waals surface area contributed by atoms with Crippen molar-refractivity contribution in [2.75, 3.05) is 39.3 Å². The van der Waals surface area contributed by atoms with Gasteiger partial charge in [0.25, 0.3) is 0 Å². The fourth-order valence-corrected chi connectivity index (χ4v) is 4.21. The van der Waals surface area contributed by atoms with Gasteiger partial charge in [0.05, 0.1) is 0 Å². The molecule has 1 aromatic rings. The topological polar surface area (TPSA) is 18.5 Å². The molecule has 0 saturated carbocycles. The van der Waals surface area contributed by atoms with Crippen LogP contribution >= 0.6 is 0 Å². The van der Waals surface area contributed by atoms with Crippen molar-refractivity contribution in [3.05, 3.63) is 35.4 Å². The predicted octanol–water partition coefficient (Wildman–Crippen LogP) is 1.69. The van der Waals surface area contributed by atoms with Crippen molar-refractivity contribution in [2.24, 2.45) is 5.41 Å². The molecule has 0 radical (unpaired) electrons. The van der Waals surface area contributed by atoms with E-state index < -0.39 is 0 Å². The molecule has 1 spiro atoms. The Labute approximate surface area is 121 Å². The number of hydrogen-bond donors (Lipinski definition) is 1. The van der Waals surface area contributed by atoms with E-state index in [1.165, 1.54) is 63.2 Å². The second-order valence-electron chi connectivity index (χ2n) is 6.93. The monoisotopic (exact) mass is 271 g/mol. The number of hydrogen-bond acceptors (Lipinski definition) is 3. The van der Waals surface area contributed by atoms with Gasteiger partial charge in [-0.05, 0) is 42.5 Å². The van der Waals surface area contributed by atoms with Crippen LogP contribution in [0.1, 0.15) is 24.0 Å². The Balaban J connectivity index is 1.28. The van der Waals surface area contributed by atoms with Crippen molar-refractivity contribution in [1.29, 1.82) is 0 Å². The molecule has 3 nitrogen and oxygen atoms in total. The molecular formula is C17H25N3. The third-order valence-corrected chi connectivity index (χ3v) is 5.49. The first-order valence-corrected chi connectivity index (χ1v) is 8.05. The average molecular weight is 271 g/mol. The summed E-state index contributed by atoms with van der Waals surface area (Å²) in [5, 5.41) is 3.55. The third-order valence-electron chi connectivity index (χ3n) is 5.49. The molecule has 1 unspecified atom stereocenters. The summed E-state index contributed by atoms with van der Waals surface area (Å²) in [4.78, 5) is 5.29. The van der Waals surface area contributed by atoms with Crippen LogP contribution in [-0.4, -0.2) is 49.1 Å². The van der Waals surface area contributed by atoms with Crippen LogP contribution in [-0.2, 0) is 13.1 Å². The normalized spacial score (nSPS) is 30.4. The van der Waals surface area contributed by atoms with Crippen LogP contribution in [0.15, 0.2) is 24.3 Å². The molecule has 0 aromatic heterocycles. The average Bonchev–Trinajstić information content (AvgIpc) is 3.18. The highest BCUT2D eigenvalue weighted by atomic mass is 15.2. The lowest BCUT2D eigenvalue weighted by Gasteiger charge is -2.24. The molecule has 0 bridgehead atoms. The van der Waals surface area contributed by atoms with Crippen LogP contribution in [0.3, 0.4) is 0 Å². The highest BCUT2D eigenvalue weighted by molar-refractivity contribution is 5.30. The highest BCUT2D eigenvalue weighted by Gasteiger charge is 2.40. The molecule has 0 aliphatic carbocycles. The Hall–Kier alpha value is -0.900. The minimum Gasteiger partial charge on any atom is -0.316 e. The van der Waals surface area contributed by atoms with Gasteiger partial charge in [-0.25, -0.2) is 0 Å². The number of nitrogens with zero attached hydrogens (tertiary/aromatic N) is 2. The van der Waals surface area contributed by atoms with Crippen LogP contribution in [0.4, 0.5) is 0 Å². The van der Waals surface area contributed by atoms with Crippen LogP contribution in [0, 0.1) is 5.41 Å². The second-order valence-corrected chi connectivity index (χ2v) is 6.93. The molecule has 2 saturated heterocycles. The smallest absolute Gasteiger partial charge is 0.0241 e. The zero-order chi connectivity index (χ0) is 13.4. The summed E-state index contributed by atoms with van der Waals surface area (Å²) in [7, 11) is 0. The van der Waals surface area contributed by atoms with E-state index >= 15 is 0 Å². The summed E-state index contributed by atoms with van der Waals surface area (Å²) in [6.07, 6.45) is 2.79. The van der Waals surface area contributed by atoms with Crippen molar-refractivity contribution in [3.8, 4) is 0 Å². The second kappa shape index (κ2) is 5.14. The molecule has 1 atom stereocenters. The number of nitrogens with one attached hydrogen (secondary N) is 1. The predicted molar refractivity (Wildman–Crippen MR) is 81.5 cm³/mol. The van der Waals surface area contributed by atoms with Crippen LogP contribution in [0.5, 0.6) is 0 Å². The first-order chi connectivity index (χ1) is 9.83. The Kier molecular flexibility index (Phi) is 3.29. The van der Waals surface area contributed by atoms with E-state index in [0.29, 0.717) is 5.41 Å². The summed E-state index contributed by atoms with van der Waals surface area (Å²) < 4.78 is 0. The van der Waals surface area contributed by atoms with Gasteiger partial charge in [0.15, 0.2) is 0 Å². The quantitative estimate of drug-likeness (QED) is 0.902. The number of likely N-dealkylation sites (tertiary alicyclic amines) is 1. The Morgan fingerprint density at radius 2 is 1.75 bits per heavy atom. The van der Waals surface area contributed by atoms with Crippen molar-refractivity contribution in [2.45, 2.75) is 25.9 Å². The van der Waals surface area contributed by atoms with Gasteiger partial charge in [-0.1, -0.05) is 24.3 Å². The number of benzene rings is 1. The van der Waals surface area contributed by atoms with Gasteiger partial charge in [-0.2, -0.15) is 0 Å². The van der Waals surface area contributed by atoms with E-state index in [2.05, 4.69) is 39.4 Å². The standard InChI is InChI=1S/C17H25N3/c1-2-4-16-12-20(11-15(16)3-1)10-9-19-8-6-17(14-19)5-7-18-13-17/h1-4,18H,5-14H2. The van der Waals surface area contributed by atoms with Gasteiger partial charge in [0, 0.05) is 39.3 Å². The third kappa shape index (κ3) is 2.39. The molecular weight excluding hydrogens is 246 g/mol. The fraction of sp³-hybridized carbons (Fsp3) is 0.647. The van der Waals surface area contributed by atoms with E-state index in [1.54, 1.807) is 0 Å². The molecule has 3 heteroatoms. The first-order valence-electron chi connectivity index (χ1n) is 8.05. The van der Waals surface area contributed by atoms with Crippen LogP contribution < -0.4 is 5.32 Å². The van der Waals surface area contributed by atoms with E-state index in [1.807, 2.05) is 0 Å². The maximum Gasteiger partial charge on any atom is 0.0241 e. The zero-order valence-corrected chi connectivity index (χ0v) is 12.3. The summed E-state index contributed by atoms with van der Waals surface area (Å²) in [5.74, 6) is 0. The SMILES string of the molecule is c1ccc2c(c1)CN(CCN1CCC3(CCNC3)C1)C2. The van der Waals surface area contributed by atoms with E-state index in [0.717, 1.165) is 13.1 Å². The minimum atomic E-state index is 0.619. The van der Waals surface area contributed by atoms with Gasteiger partial charge in [0.2, 0.25) is 0 Å². The fourth-order valence-electron chi connectivity index (χ4n) is 4.21. The summed E-state index contributed by atoms with van der Waals surface area (Å²) in [6.45, 7) is 9.87. The van der Waals surface area contributed by atoms with Crippen LogP contribution in [0.2, 0.25) is 0 Å². The molecule has 3 aliphatic rings. The molecule has 108 valence electrons. The van der Waals surface area contributed by atoms with Crippen molar-refractivity contribution in [3.63, 3.8) is 0 Å².